The molecular formula is C37H52N4O9. The average molecular weight is 697 g/mol. The number of hydroxylamine groups is 2. The Balaban J connectivity index is 2.31. The van der Waals surface area contributed by atoms with Crippen molar-refractivity contribution in [2.45, 2.75) is 25.7 Å². The van der Waals surface area contributed by atoms with Gasteiger partial charge in [-0.15, -0.1) is 0 Å². The molecule has 0 aliphatic rings. The molecule has 0 atom stereocenters. The van der Waals surface area contributed by atoms with Crippen LogP contribution in [0.5, 0.6) is 34.5 Å². The van der Waals surface area contributed by atoms with Gasteiger partial charge in [0, 0.05) is 132 Å². The number of hydrogen-bond donors (Lipinski definition) is 0. The molecule has 0 heterocycles. The molecule has 13 nitrogen and oxygen atoms in total. The SMILES string of the molecule is COc1cc(N(C)C)cc(OC)c1C(c1c(OC)cc(N(C)C)cc1OC)c1c(OC)cc(N(C)CCCC(=O)ON(C)C(C)=O)cc1OC. The molecule has 0 spiro atoms. The number of methoxy groups -OCH3 is 6. The average Bonchev–Trinajstić information content (AvgIpc) is 3.10. The number of hydrogen-bond acceptors (Lipinski definition) is 12. The molecule has 0 aliphatic carbocycles. The minimum absolute atomic E-state index is 0.126. The number of amides is 1. The molecule has 0 N–H and O–H groups in total. The maximum absolute atomic E-state index is 12.3. The Morgan fingerprint density at radius 3 is 1.16 bits per heavy atom. The lowest BCUT2D eigenvalue weighted by Gasteiger charge is -2.31. The Kier molecular flexibility index (Phi) is 13.7. The quantitative estimate of drug-likeness (QED) is 0.145. The Morgan fingerprint density at radius 1 is 0.560 bits per heavy atom. The van der Waals surface area contributed by atoms with Gasteiger partial charge in [0.2, 0.25) is 0 Å². The van der Waals surface area contributed by atoms with E-state index in [9.17, 15) is 9.59 Å². The minimum Gasteiger partial charge on any atom is -0.496 e. The van der Waals surface area contributed by atoms with E-state index in [1.165, 1.54) is 14.0 Å². The highest BCUT2D eigenvalue weighted by Gasteiger charge is 2.36. The first-order valence-electron chi connectivity index (χ1n) is 16.0. The van der Waals surface area contributed by atoms with E-state index in [1.807, 2.05) is 86.3 Å². The monoisotopic (exact) mass is 696 g/mol. The number of benzene rings is 3. The number of ether oxygens (including phenoxy) is 6. The highest BCUT2D eigenvalue weighted by atomic mass is 16.7. The van der Waals surface area contributed by atoms with Gasteiger partial charge in [0.1, 0.15) is 34.5 Å². The van der Waals surface area contributed by atoms with Gasteiger partial charge in [0.05, 0.1) is 48.6 Å². The van der Waals surface area contributed by atoms with Crippen molar-refractivity contribution in [2.75, 3.05) is 106 Å². The molecule has 0 aliphatic heterocycles. The highest BCUT2D eigenvalue weighted by Crippen LogP contribution is 2.55. The van der Waals surface area contributed by atoms with Crippen LogP contribution in [0.15, 0.2) is 36.4 Å². The molecule has 0 saturated heterocycles. The lowest BCUT2D eigenvalue weighted by molar-refractivity contribution is -0.191. The second kappa shape index (κ2) is 17.5. The van der Waals surface area contributed by atoms with Crippen molar-refractivity contribution in [3.8, 4) is 34.5 Å². The summed E-state index contributed by atoms with van der Waals surface area (Å²) in [6, 6.07) is 11.7. The topological polar surface area (TPSA) is 112 Å². The van der Waals surface area contributed by atoms with E-state index in [4.69, 9.17) is 33.3 Å². The zero-order chi connectivity index (χ0) is 37.3. The smallest absolute Gasteiger partial charge is 0.332 e. The van der Waals surface area contributed by atoms with Gasteiger partial charge in [-0.25, -0.2) is 4.79 Å². The third-order valence-electron chi connectivity index (χ3n) is 8.48. The normalized spacial score (nSPS) is 10.7. The second-order valence-electron chi connectivity index (χ2n) is 12.0. The zero-order valence-corrected chi connectivity index (χ0v) is 31.6. The first-order valence-corrected chi connectivity index (χ1v) is 16.0. The van der Waals surface area contributed by atoms with Gasteiger partial charge in [0.15, 0.2) is 0 Å². The molecule has 3 aromatic carbocycles. The molecule has 0 fully saturated rings. The third-order valence-corrected chi connectivity index (χ3v) is 8.48. The van der Waals surface area contributed by atoms with Crippen LogP contribution in [0.3, 0.4) is 0 Å². The van der Waals surface area contributed by atoms with Crippen LogP contribution >= 0.6 is 0 Å². The van der Waals surface area contributed by atoms with E-state index in [0.717, 1.165) is 22.1 Å². The fraction of sp³-hybridized carbons (Fsp3) is 0.459. The van der Waals surface area contributed by atoms with Crippen LogP contribution in [-0.2, 0) is 14.4 Å². The highest BCUT2D eigenvalue weighted by molar-refractivity contribution is 5.76. The lowest BCUT2D eigenvalue weighted by atomic mass is 9.81. The molecular weight excluding hydrogens is 644 g/mol. The molecule has 50 heavy (non-hydrogen) atoms. The van der Waals surface area contributed by atoms with Crippen molar-refractivity contribution in [3.05, 3.63) is 53.1 Å². The van der Waals surface area contributed by atoms with E-state index in [0.29, 0.717) is 64.2 Å². The van der Waals surface area contributed by atoms with Gasteiger partial charge >= 0.3 is 5.97 Å². The van der Waals surface area contributed by atoms with Crippen LogP contribution in [0.2, 0.25) is 0 Å². The van der Waals surface area contributed by atoms with Crippen molar-refractivity contribution >= 4 is 28.9 Å². The van der Waals surface area contributed by atoms with Crippen molar-refractivity contribution in [1.29, 1.82) is 0 Å². The molecule has 0 radical (unpaired) electrons. The van der Waals surface area contributed by atoms with Gasteiger partial charge in [0.25, 0.3) is 5.91 Å². The van der Waals surface area contributed by atoms with Crippen molar-refractivity contribution in [3.63, 3.8) is 0 Å². The summed E-state index contributed by atoms with van der Waals surface area (Å²) >= 11 is 0. The van der Waals surface area contributed by atoms with Gasteiger partial charge in [-0.3, -0.25) is 4.79 Å². The van der Waals surface area contributed by atoms with Crippen LogP contribution in [-0.4, -0.2) is 108 Å². The van der Waals surface area contributed by atoms with Crippen molar-refractivity contribution in [2.24, 2.45) is 0 Å². The predicted molar refractivity (Wildman–Crippen MR) is 195 cm³/mol. The molecule has 274 valence electrons. The van der Waals surface area contributed by atoms with E-state index in [2.05, 4.69) is 0 Å². The number of carbonyl (C=O) groups excluding carboxylic acids is 2. The van der Waals surface area contributed by atoms with E-state index in [1.54, 1.807) is 42.7 Å². The van der Waals surface area contributed by atoms with Crippen LogP contribution in [0.25, 0.3) is 0 Å². The number of rotatable bonds is 16. The Labute approximate surface area is 296 Å². The summed E-state index contributed by atoms with van der Waals surface area (Å²) in [4.78, 5) is 34.7. The molecule has 3 rings (SSSR count). The standard InChI is InChI=1S/C37H52N4O9/c1-23(42)41(7)50-33(43)15-14-16-40(6)26-21-31(48-12)36(32(22-26)49-13)37(34-27(44-8)17-24(38(2)3)18-28(34)45-9)35-29(46-10)19-25(39(4)5)20-30(35)47-11/h17-22,37H,14-16H2,1-13H3. The van der Waals surface area contributed by atoms with Crippen LogP contribution in [0.4, 0.5) is 17.1 Å². The van der Waals surface area contributed by atoms with E-state index < -0.39 is 11.9 Å². The maximum atomic E-state index is 12.3. The first kappa shape index (κ1) is 39.2. The van der Waals surface area contributed by atoms with Crippen molar-refractivity contribution < 1.29 is 42.8 Å². The predicted octanol–water partition coefficient (Wildman–Crippen LogP) is 5.20. The Hall–Kier alpha value is -5.20. The van der Waals surface area contributed by atoms with Gasteiger partial charge in [-0.2, -0.15) is 5.06 Å². The summed E-state index contributed by atoms with van der Waals surface area (Å²) in [6.07, 6.45) is 0.608. The largest absolute Gasteiger partial charge is 0.496 e. The minimum atomic E-state index is -0.644. The lowest BCUT2D eigenvalue weighted by Crippen LogP contribution is -2.28. The van der Waals surface area contributed by atoms with Gasteiger partial charge < -0.3 is 48.0 Å². The molecule has 1 amide bonds. The first-order chi connectivity index (χ1) is 23.8. The van der Waals surface area contributed by atoms with Gasteiger partial charge in [-0.1, -0.05) is 0 Å². The Morgan fingerprint density at radius 2 is 0.880 bits per heavy atom. The summed E-state index contributed by atoms with van der Waals surface area (Å²) < 4.78 is 36.6. The summed E-state index contributed by atoms with van der Waals surface area (Å²) in [5.41, 5.74) is 4.67. The third kappa shape index (κ3) is 8.68. The van der Waals surface area contributed by atoms with E-state index >= 15 is 0 Å². The molecule has 3 aromatic rings. The number of carbonyl (C=O) groups is 2. The number of anilines is 3. The van der Waals surface area contributed by atoms with Crippen molar-refractivity contribution in [1.82, 2.24) is 5.06 Å². The zero-order valence-electron chi connectivity index (χ0n) is 31.6. The Bertz CT molecular complexity index is 1500. The summed E-state index contributed by atoms with van der Waals surface area (Å²) in [7, 11) is 20.8. The fourth-order valence-electron chi connectivity index (χ4n) is 5.65. The molecule has 0 unspecified atom stereocenters. The van der Waals surface area contributed by atoms with Crippen LogP contribution in [0.1, 0.15) is 42.4 Å². The molecule has 0 bridgehead atoms. The maximum Gasteiger partial charge on any atom is 0.332 e. The van der Waals surface area contributed by atoms with Crippen LogP contribution in [0, 0.1) is 0 Å². The van der Waals surface area contributed by atoms with Crippen LogP contribution < -0.4 is 43.1 Å². The molecule has 0 saturated carbocycles. The summed E-state index contributed by atoms with van der Waals surface area (Å²) in [5, 5.41) is 0.924. The molecule has 0 aromatic heterocycles. The summed E-state index contributed by atoms with van der Waals surface area (Å²) in [6.45, 7) is 1.83. The summed E-state index contributed by atoms with van der Waals surface area (Å²) in [5.74, 6) is 1.86. The van der Waals surface area contributed by atoms with E-state index in [-0.39, 0.29) is 12.3 Å². The molecule has 13 heteroatoms. The van der Waals surface area contributed by atoms with Gasteiger partial charge in [-0.05, 0) is 6.42 Å². The second-order valence-corrected chi connectivity index (χ2v) is 12.0. The number of nitrogens with zero attached hydrogens (tertiary/aromatic N) is 4. The fourth-order valence-corrected chi connectivity index (χ4v) is 5.65.